The van der Waals surface area contributed by atoms with Gasteiger partial charge in [0.05, 0.1) is 18.5 Å². The first kappa shape index (κ1) is 39.1. The molecule has 0 spiro atoms. The molecule has 2 aliphatic carbocycles. The maximum Gasteiger partial charge on any atom is 0.0978 e. The predicted molar refractivity (Wildman–Crippen MR) is 212 cm³/mol. The molecule has 1 heterocycles. The van der Waals surface area contributed by atoms with Crippen molar-refractivity contribution in [2.45, 2.75) is 117 Å². The van der Waals surface area contributed by atoms with Crippen LogP contribution in [0.15, 0.2) is 79.0 Å². The Kier molecular flexibility index (Phi) is 13.5. The minimum absolute atomic E-state index is 0. The molecule has 2 saturated carbocycles. The third-order valence-corrected chi connectivity index (χ3v) is 14.9. The molecule has 0 saturated heterocycles. The van der Waals surface area contributed by atoms with Gasteiger partial charge in [-0.25, -0.2) is 0 Å². The van der Waals surface area contributed by atoms with E-state index in [2.05, 4.69) is 108 Å². The van der Waals surface area contributed by atoms with E-state index in [1.807, 2.05) is 24.4 Å². The Bertz CT molecular complexity index is 1910. The second kappa shape index (κ2) is 17.6. The van der Waals surface area contributed by atoms with Gasteiger partial charge in [0, 0.05) is 48.9 Å². The van der Waals surface area contributed by atoms with E-state index in [0.29, 0.717) is 11.3 Å². The molecule has 5 heteroatoms. The van der Waals surface area contributed by atoms with Crippen LogP contribution in [0.5, 0.6) is 0 Å². The van der Waals surface area contributed by atoms with Gasteiger partial charge in [-0.1, -0.05) is 99.4 Å². The van der Waals surface area contributed by atoms with Crippen LogP contribution < -0.4 is 5.30 Å². The Labute approximate surface area is 320 Å². The summed E-state index contributed by atoms with van der Waals surface area (Å²) in [7, 11) is -2.28. The molecule has 269 valence electrons. The van der Waals surface area contributed by atoms with E-state index >= 15 is 0 Å². The summed E-state index contributed by atoms with van der Waals surface area (Å²) in [5, 5.41) is 1.05. The van der Waals surface area contributed by atoms with Gasteiger partial charge in [-0.05, 0) is 70.6 Å². The molecule has 0 atom stereocenters. The minimum atomic E-state index is -2.28. The smallest absolute Gasteiger partial charge is 0.0978 e. The molecular formula is C46H53IrN2OP-2. The minimum Gasteiger partial charge on any atom is -0.320 e. The molecule has 0 unspecified atom stereocenters. The third-order valence-electron chi connectivity index (χ3n) is 10.6. The fraction of sp³-hybridized carbons (Fsp3) is 0.391. The number of aryl methyl sites for hydroxylation is 6. The normalized spacial score (nSPS) is 15.4. The van der Waals surface area contributed by atoms with Gasteiger partial charge in [-0.3, -0.25) is 4.98 Å². The zero-order chi connectivity index (χ0) is 35.3. The molecule has 5 aromatic rings. The number of rotatable bonds is 6. The summed E-state index contributed by atoms with van der Waals surface area (Å²) in [6.45, 7) is 12.7. The summed E-state index contributed by atoms with van der Waals surface area (Å²) in [5.74, 6) is 0. The Morgan fingerprint density at radius 3 is 1.88 bits per heavy atom. The first-order valence-electron chi connectivity index (χ1n) is 18.7. The maximum absolute atomic E-state index is 14.1. The Balaban J connectivity index is 0.000000209. The Morgan fingerprint density at radius 2 is 1.29 bits per heavy atom. The Hall–Kier alpha value is -3.16. The van der Waals surface area contributed by atoms with E-state index in [4.69, 9.17) is 9.97 Å². The fourth-order valence-corrected chi connectivity index (χ4v) is 12.5. The van der Waals surface area contributed by atoms with Crippen LogP contribution in [-0.4, -0.2) is 21.3 Å². The average molecular weight is 873 g/mol. The van der Waals surface area contributed by atoms with E-state index < -0.39 is 7.14 Å². The number of benzene rings is 4. The third kappa shape index (κ3) is 9.26. The first-order chi connectivity index (χ1) is 24.1. The van der Waals surface area contributed by atoms with Gasteiger partial charge >= 0.3 is 0 Å². The van der Waals surface area contributed by atoms with Crippen LogP contribution in [0.1, 0.15) is 97.6 Å². The van der Waals surface area contributed by atoms with Gasteiger partial charge in [-0.15, -0.1) is 40.2 Å². The fourth-order valence-electron chi connectivity index (χ4n) is 8.29. The van der Waals surface area contributed by atoms with Crippen molar-refractivity contribution in [1.29, 1.82) is 0 Å². The first-order valence-corrected chi connectivity index (χ1v) is 20.6. The topological polar surface area (TPSA) is 42.9 Å². The van der Waals surface area contributed by atoms with Crippen LogP contribution >= 0.6 is 7.14 Å². The van der Waals surface area contributed by atoms with Crippen molar-refractivity contribution in [1.82, 2.24) is 9.97 Å². The SMILES string of the molecule is Cc1[c-]c(-c2ncc(-c3cc(C)ccc3C)nc2-c2cc(C)cc(C)c2)cc(C)c1.O=P(c1[c-]cccc1)(C1CCCCC1)C1CCCCC1.[Ir]. The molecule has 0 bridgehead atoms. The van der Waals surface area contributed by atoms with Gasteiger partial charge in [-0.2, -0.15) is 30.3 Å². The molecule has 4 aromatic carbocycles. The predicted octanol–water partition coefficient (Wildman–Crippen LogP) is 12.3. The number of hydrogen-bond donors (Lipinski definition) is 0. The zero-order valence-electron chi connectivity index (χ0n) is 31.3. The summed E-state index contributed by atoms with van der Waals surface area (Å²) in [4.78, 5) is 10.1. The van der Waals surface area contributed by atoms with E-state index in [9.17, 15) is 4.57 Å². The quantitative estimate of drug-likeness (QED) is 0.126. The molecule has 2 fully saturated rings. The number of aromatic nitrogens is 2. The molecule has 7 rings (SSSR count). The van der Waals surface area contributed by atoms with Crippen LogP contribution in [0.4, 0.5) is 0 Å². The summed E-state index contributed by atoms with van der Waals surface area (Å²) in [5.41, 5.74) is 13.9. The van der Waals surface area contributed by atoms with Crippen molar-refractivity contribution in [2.24, 2.45) is 0 Å². The molecule has 0 aliphatic heterocycles. The summed E-state index contributed by atoms with van der Waals surface area (Å²) in [6.07, 6.45) is 14.4. The monoisotopic (exact) mass is 873 g/mol. The van der Waals surface area contributed by atoms with Gasteiger partial charge in [0.15, 0.2) is 0 Å². The van der Waals surface area contributed by atoms with Crippen molar-refractivity contribution in [3.05, 3.63) is 125 Å². The molecular weight excluding hydrogens is 820 g/mol. The second-order valence-electron chi connectivity index (χ2n) is 14.9. The number of hydrogen-bond acceptors (Lipinski definition) is 3. The van der Waals surface area contributed by atoms with E-state index in [0.717, 1.165) is 44.6 Å². The van der Waals surface area contributed by atoms with Gasteiger partial charge in [0.2, 0.25) is 0 Å². The van der Waals surface area contributed by atoms with Crippen molar-refractivity contribution in [2.75, 3.05) is 0 Å². The molecule has 1 aromatic heterocycles. The standard InChI is InChI=1S/C28H27N2.C18H26OP.Ir/c1-17-7-8-22(6)25(15-17)26-16-29-27(23-11-18(2)9-19(3)12-23)28(30-26)24-13-20(4)10-21(5)14-24;19-20(16-10-4-1-5-11-16,17-12-6-2-7-13-17)18-14-8-3-9-15-18;/h7-11,13-16H,1-6H3;1,4-5,10,17-18H,2-3,6-9,12-15H2;/q2*-1;. The van der Waals surface area contributed by atoms with Crippen LogP contribution in [0, 0.1) is 53.7 Å². The van der Waals surface area contributed by atoms with Crippen LogP contribution in [0.25, 0.3) is 33.8 Å². The maximum atomic E-state index is 14.1. The molecule has 0 N–H and O–H groups in total. The number of nitrogens with zero attached hydrogens (tertiary/aromatic N) is 2. The summed E-state index contributed by atoms with van der Waals surface area (Å²) < 4.78 is 14.1. The largest absolute Gasteiger partial charge is 0.320 e. The zero-order valence-corrected chi connectivity index (χ0v) is 34.6. The van der Waals surface area contributed by atoms with Crippen molar-refractivity contribution in [3.63, 3.8) is 0 Å². The average Bonchev–Trinajstić information content (AvgIpc) is 3.12. The van der Waals surface area contributed by atoms with E-state index in [-0.39, 0.29) is 20.1 Å². The van der Waals surface area contributed by atoms with Crippen LogP contribution in [0.3, 0.4) is 0 Å². The van der Waals surface area contributed by atoms with Gasteiger partial charge in [0.25, 0.3) is 0 Å². The van der Waals surface area contributed by atoms with Crippen molar-refractivity contribution >= 4 is 12.4 Å². The van der Waals surface area contributed by atoms with Gasteiger partial charge in [0.1, 0.15) is 0 Å². The van der Waals surface area contributed by atoms with E-state index in [1.54, 1.807) is 0 Å². The molecule has 3 nitrogen and oxygen atoms in total. The molecule has 1 radical (unpaired) electrons. The van der Waals surface area contributed by atoms with Crippen LogP contribution in [0.2, 0.25) is 0 Å². The summed E-state index contributed by atoms with van der Waals surface area (Å²) in [6, 6.07) is 32.2. The molecule has 0 amide bonds. The second-order valence-corrected chi connectivity index (χ2v) is 18.3. The molecule has 51 heavy (non-hydrogen) atoms. The van der Waals surface area contributed by atoms with Crippen LogP contribution in [-0.2, 0) is 24.7 Å². The van der Waals surface area contributed by atoms with E-state index in [1.165, 1.54) is 92.0 Å². The van der Waals surface area contributed by atoms with Crippen molar-refractivity contribution < 1.29 is 24.7 Å². The Morgan fingerprint density at radius 1 is 0.667 bits per heavy atom. The molecule has 2 aliphatic rings. The summed E-state index contributed by atoms with van der Waals surface area (Å²) >= 11 is 0. The van der Waals surface area contributed by atoms with Gasteiger partial charge < -0.3 is 9.55 Å². The van der Waals surface area contributed by atoms with Crippen molar-refractivity contribution in [3.8, 4) is 33.8 Å².